The zero-order chi connectivity index (χ0) is 15.6. The normalized spacial score (nSPS) is 10.4. The van der Waals surface area contributed by atoms with Crippen LogP contribution >= 0.6 is 27.3 Å². The van der Waals surface area contributed by atoms with E-state index in [0.717, 1.165) is 9.35 Å². The number of nitrogens with two attached hydrogens (primary N) is 1. The Morgan fingerprint density at radius 2 is 2.19 bits per heavy atom. The monoisotopic (exact) mass is 369 g/mol. The van der Waals surface area contributed by atoms with Gasteiger partial charge in [-0.3, -0.25) is 14.9 Å². The zero-order valence-corrected chi connectivity index (χ0v) is 13.5. The Bertz CT molecular complexity index is 702. The first-order valence-electron chi connectivity index (χ1n) is 5.91. The number of nitrogens with zero attached hydrogens (tertiary/aromatic N) is 2. The fourth-order valence-electron chi connectivity index (χ4n) is 1.83. The zero-order valence-electron chi connectivity index (χ0n) is 11.1. The van der Waals surface area contributed by atoms with Crippen molar-refractivity contribution in [2.75, 3.05) is 12.8 Å². The van der Waals surface area contributed by atoms with E-state index in [1.54, 1.807) is 7.05 Å². The average Bonchev–Trinajstić information content (AvgIpc) is 2.83. The molecule has 0 unspecified atom stereocenters. The van der Waals surface area contributed by atoms with Gasteiger partial charge >= 0.3 is 0 Å². The molecule has 0 fully saturated rings. The molecule has 8 heteroatoms. The van der Waals surface area contributed by atoms with Gasteiger partial charge in [-0.2, -0.15) is 0 Å². The molecule has 1 aromatic carbocycles. The van der Waals surface area contributed by atoms with Crippen LogP contribution in [0.1, 0.15) is 15.9 Å². The van der Waals surface area contributed by atoms with Crippen molar-refractivity contribution in [2.24, 2.45) is 0 Å². The SMILES string of the molecule is CN(Cc1csc(Br)c1)C(=O)c1ccc(N)c([N+](=O)[O-])c1. The fraction of sp³-hybridized carbons (Fsp3) is 0.154. The molecule has 110 valence electrons. The molecular formula is C13H12BrN3O3S. The summed E-state index contributed by atoms with van der Waals surface area (Å²) in [7, 11) is 1.65. The molecular weight excluding hydrogens is 358 g/mol. The molecule has 6 nitrogen and oxygen atoms in total. The maximum Gasteiger partial charge on any atom is 0.292 e. The van der Waals surface area contributed by atoms with Gasteiger partial charge in [-0.1, -0.05) is 0 Å². The van der Waals surface area contributed by atoms with Gasteiger partial charge < -0.3 is 10.6 Å². The van der Waals surface area contributed by atoms with Crippen molar-refractivity contribution in [3.8, 4) is 0 Å². The van der Waals surface area contributed by atoms with Gasteiger partial charge in [0, 0.05) is 25.2 Å². The Labute approximate surface area is 133 Å². The average molecular weight is 370 g/mol. The number of rotatable bonds is 4. The van der Waals surface area contributed by atoms with Crippen molar-refractivity contribution in [1.82, 2.24) is 4.90 Å². The molecule has 0 bridgehead atoms. The van der Waals surface area contributed by atoms with Crippen LogP contribution in [0.4, 0.5) is 11.4 Å². The minimum atomic E-state index is -0.595. The molecule has 0 saturated carbocycles. The van der Waals surface area contributed by atoms with Crippen LogP contribution in [0, 0.1) is 10.1 Å². The van der Waals surface area contributed by atoms with Gasteiger partial charge in [-0.25, -0.2) is 0 Å². The summed E-state index contributed by atoms with van der Waals surface area (Å²) in [6.45, 7) is 0.430. The van der Waals surface area contributed by atoms with E-state index in [2.05, 4.69) is 15.9 Å². The van der Waals surface area contributed by atoms with E-state index < -0.39 is 4.92 Å². The van der Waals surface area contributed by atoms with Gasteiger partial charge in [0.05, 0.1) is 8.71 Å². The molecule has 1 amide bonds. The van der Waals surface area contributed by atoms with E-state index in [0.29, 0.717) is 6.54 Å². The number of hydrogen-bond acceptors (Lipinski definition) is 5. The van der Waals surface area contributed by atoms with Crippen LogP contribution in [-0.4, -0.2) is 22.8 Å². The molecule has 2 aromatic rings. The summed E-state index contributed by atoms with van der Waals surface area (Å²) in [5.41, 5.74) is 6.54. The Hall–Kier alpha value is -1.93. The standard InChI is InChI=1S/C13H12BrN3O3S/c1-16(6-8-4-12(14)21-7-8)13(18)9-2-3-10(15)11(5-9)17(19)20/h2-5,7H,6,15H2,1H3. The lowest BCUT2D eigenvalue weighted by atomic mass is 10.1. The number of halogens is 1. The molecule has 0 atom stereocenters. The highest BCUT2D eigenvalue weighted by Crippen LogP contribution is 2.24. The Morgan fingerprint density at radius 1 is 1.48 bits per heavy atom. The van der Waals surface area contributed by atoms with Crippen molar-refractivity contribution in [1.29, 1.82) is 0 Å². The largest absolute Gasteiger partial charge is 0.393 e. The topological polar surface area (TPSA) is 89.5 Å². The maximum atomic E-state index is 12.3. The number of nitro benzene ring substituents is 1. The van der Waals surface area contributed by atoms with Crippen molar-refractivity contribution in [3.05, 3.63) is 54.7 Å². The van der Waals surface area contributed by atoms with Crippen LogP contribution < -0.4 is 5.73 Å². The summed E-state index contributed by atoms with van der Waals surface area (Å²) < 4.78 is 0.987. The molecule has 0 aliphatic heterocycles. The molecule has 1 aromatic heterocycles. The summed E-state index contributed by atoms with van der Waals surface area (Å²) in [6, 6.07) is 6.00. The summed E-state index contributed by atoms with van der Waals surface area (Å²) in [4.78, 5) is 24.1. The molecule has 0 aliphatic carbocycles. The lowest BCUT2D eigenvalue weighted by Gasteiger charge is -2.16. The second kappa shape index (κ2) is 6.23. The molecule has 0 radical (unpaired) electrons. The number of nitro groups is 1. The highest BCUT2D eigenvalue weighted by atomic mass is 79.9. The van der Waals surface area contributed by atoms with E-state index in [1.165, 1.54) is 34.4 Å². The number of benzene rings is 1. The van der Waals surface area contributed by atoms with Gasteiger partial charge in [0.15, 0.2) is 0 Å². The highest BCUT2D eigenvalue weighted by Gasteiger charge is 2.18. The third kappa shape index (κ3) is 3.59. The second-order valence-corrected chi connectivity index (χ2v) is 6.74. The fourth-order valence-corrected chi connectivity index (χ4v) is 3.03. The van der Waals surface area contributed by atoms with Gasteiger partial charge in [0.1, 0.15) is 5.69 Å². The first kappa shape index (κ1) is 15.5. The number of nitrogen functional groups attached to an aromatic ring is 1. The molecule has 0 spiro atoms. The molecule has 0 saturated heterocycles. The lowest BCUT2D eigenvalue weighted by molar-refractivity contribution is -0.383. The Kier molecular flexibility index (Phi) is 4.59. The number of carbonyl (C=O) groups is 1. The van der Waals surface area contributed by atoms with Gasteiger partial charge in [0.2, 0.25) is 0 Å². The summed E-state index contributed by atoms with van der Waals surface area (Å²) in [5.74, 6) is -0.291. The third-order valence-corrected chi connectivity index (χ3v) is 4.42. The number of hydrogen-bond donors (Lipinski definition) is 1. The quantitative estimate of drug-likeness (QED) is 0.508. The van der Waals surface area contributed by atoms with Crippen LogP contribution in [0.5, 0.6) is 0 Å². The van der Waals surface area contributed by atoms with Crippen LogP contribution in [0.2, 0.25) is 0 Å². The van der Waals surface area contributed by atoms with E-state index in [4.69, 9.17) is 5.73 Å². The number of amides is 1. The van der Waals surface area contributed by atoms with E-state index in [1.807, 2.05) is 11.4 Å². The predicted octanol–water partition coefficient (Wildman–Crippen LogP) is 3.27. The van der Waals surface area contributed by atoms with Crippen LogP contribution in [-0.2, 0) is 6.54 Å². The molecule has 1 heterocycles. The van der Waals surface area contributed by atoms with E-state index in [-0.39, 0.29) is 22.8 Å². The molecule has 2 rings (SSSR count). The predicted molar refractivity (Wildman–Crippen MR) is 85.3 cm³/mol. The lowest BCUT2D eigenvalue weighted by Crippen LogP contribution is -2.26. The second-order valence-electron chi connectivity index (χ2n) is 4.45. The summed E-state index contributed by atoms with van der Waals surface area (Å²) in [5, 5.41) is 12.8. The van der Waals surface area contributed by atoms with Crippen LogP contribution in [0.3, 0.4) is 0 Å². The van der Waals surface area contributed by atoms with Crippen LogP contribution in [0.25, 0.3) is 0 Å². The van der Waals surface area contributed by atoms with Crippen molar-refractivity contribution in [2.45, 2.75) is 6.54 Å². The first-order valence-corrected chi connectivity index (χ1v) is 7.58. The summed E-state index contributed by atoms with van der Waals surface area (Å²) >= 11 is 4.90. The van der Waals surface area contributed by atoms with Crippen molar-refractivity contribution >= 4 is 44.5 Å². The number of anilines is 1. The Balaban J connectivity index is 2.19. The van der Waals surface area contributed by atoms with Gasteiger partial charge in [0.25, 0.3) is 11.6 Å². The van der Waals surface area contributed by atoms with Crippen molar-refractivity contribution < 1.29 is 9.72 Å². The minimum Gasteiger partial charge on any atom is -0.393 e. The first-order chi connectivity index (χ1) is 9.88. The van der Waals surface area contributed by atoms with E-state index >= 15 is 0 Å². The number of carbonyl (C=O) groups excluding carboxylic acids is 1. The number of thiophene rings is 1. The highest BCUT2D eigenvalue weighted by molar-refractivity contribution is 9.11. The van der Waals surface area contributed by atoms with Gasteiger partial charge in [-0.15, -0.1) is 11.3 Å². The maximum absolute atomic E-state index is 12.3. The molecule has 21 heavy (non-hydrogen) atoms. The molecule has 2 N–H and O–H groups in total. The van der Waals surface area contributed by atoms with Gasteiger partial charge in [-0.05, 0) is 45.1 Å². The Morgan fingerprint density at radius 3 is 2.76 bits per heavy atom. The smallest absolute Gasteiger partial charge is 0.292 e. The molecule has 0 aliphatic rings. The van der Waals surface area contributed by atoms with E-state index in [9.17, 15) is 14.9 Å². The minimum absolute atomic E-state index is 0.0426. The van der Waals surface area contributed by atoms with Crippen LogP contribution in [0.15, 0.2) is 33.4 Å². The van der Waals surface area contributed by atoms with Crippen molar-refractivity contribution in [3.63, 3.8) is 0 Å². The third-order valence-electron chi connectivity index (χ3n) is 2.86. The summed E-state index contributed by atoms with van der Waals surface area (Å²) in [6.07, 6.45) is 0.